The first-order valence-corrected chi connectivity index (χ1v) is 8.00. The maximum Gasteiger partial charge on any atom is 0.274 e. The van der Waals surface area contributed by atoms with E-state index in [0.29, 0.717) is 17.9 Å². The third-order valence-corrected chi connectivity index (χ3v) is 3.91. The van der Waals surface area contributed by atoms with Crippen molar-refractivity contribution < 1.29 is 18.3 Å². The number of rotatable bonds is 7. The van der Waals surface area contributed by atoms with Gasteiger partial charge in [0.2, 0.25) is 5.91 Å². The molecule has 0 aromatic heterocycles. The average molecular weight is 345 g/mol. The van der Waals surface area contributed by atoms with E-state index in [1.807, 2.05) is 30.3 Å². The van der Waals surface area contributed by atoms with Crippen molar-refractivity contribution in [2.75, 3.05) is 13.6 Å². The van der Waals surface area contributed by atoms with E-state index in [1.165, 1.54) is 11.8 Å². The van der Waals surface area contributed by atoms with Crippen LogP contribution in [0.25, 0.3) is 5.57 Å². The standard InChI is InChI=1S/C20H21F2NO2/c1-15(24)23(2)13-12-19(20(21)22)17-8-10-18(11-9-17)25-14-16-6-4-3-5-7-16/h3-11H,12-14H2,1-2H3. The van der Waals surface area contributed by atoms with Crippen LogP contribution in [0.2, 0.25) is 0 Å². The van der Waals surface area contributed by atoms with Gasteiger partial charge >= 0.3 is 0 Å². The Bertz CT molecular complexity index is 723. The molecule has 0 aliphatic carbocycles. The summed E-state index contributed by atoms with van der Waals surface area (Å²) in [6, 6.07) is 16.3. The highest BCUT2D eigenvalue weighted by molar-refractivity contribution is 5.73. The first-order chi connectivity index (χ1) is 12.0. The number of benzene rings is 2. The Hall–Kier alpha value is -2.69. The van der Waals surface area contributed by atoms with E-state index in [0.717, 1.165) is 5.56 Å². The number of hydrogen-bond donors (Lipinski definition) is 0. The summed E-state index contributed by atoms with van der Waals surface area (Å²) in [5, 5.41) is 0. The van der Waals surface area contributed by atoms with Crippen molar-refractivity contribution in [1.82, 2.24) is 4.90 Å². The van der Waals surface area contributed by atoms with Crippen molar-refractivity contribution in [3.05, 3.63) is 71.8 Å². The van der Waals surface area contributed by atoms with Crippen LogP contribution in [0, 0.1) is 0 Å². The van der Waals surface area contributed by atoms with Crippen LogP contribution >= 0.6 is 0 Å². The molecule has 0 fully saturated rings. The molecule has 132 valence electrons. The molecule has 0 aliphatic heterocycles. The summed E-state index contributed by atoms with van der Waals surface area (Å²) in [6.07, 6.45) is -1.63. The molecule has 0 aliphatic rings. The lowest BCUT2D eigenvalue weighted by atomic mass is 10.0. The molecule has 0 bridgehead atoms. The smallest absolute Gasteiger partial charge is 0.274 e. The van der Waals surface area contributed by atoms with Crippen LogP contribution in [0.5, 0.6) is 5.75 Å². The van der Waals surface area contributed by atoms with E-state index in [1.54, 1.807) is 31.3 Å². The van der Waals surface area contributed by atoms with Gasteiger partial charge in [0.05, 0.1) is 0 Å². The first-order valence-electron chi connectivity index (χ1n) is 8.00. The van der Waals surface area contributed by atoms with Crippen LogP contribution in [0.3, 0.4) is 0 Å². The van der Waals surface area contributed by atoms with Crippen molar-refractivity contribution in [1.29, 1.82) is 0 Å². The normalized spacial score (nSPS) is 10.2. The summed E-state index contributed by atoms with van der Waals surface area (Å²) in [6.45, 7) is 2.08. The number of nitrogens with zero attached hydrogens (tertiary/aromatic N) is 1. The monoisotopic (exact) mass is 345 g/mol. The molecule has 5 heteroatoms. The number of carbonyl (C=O) groups is 1. The molecule has 3 nitrogen and oxygen atoms in total. The maximum atomic E-state index is 13.3. The molecule has 2 rings (SSSR count). The van der Waals surface area contributed by atoms with Gasteiger partial charge in [0.25, 0.3) is 6.08 Å². The molecule has 0 saturated heterocycles. The first kappa shape index (κ1) is 18.6. The fourth-order valence-corrected chi connectivity index (χ4v) is 2.28. The predicted octanol–water partition coefficient (Wildman–Crippen LogP) is 4.74. The Labute approximate surface area is 146 Å². The number of amides is 1. The number of ether oxygens (including phenoxy) is 1. The molecule has 0 heterocycles. The van der Waals surface area contributed by atoms with Crippen LogP contribution in [0.1, 0.15) is 24.5 Å². The highest BCUT2D eigenvalue weighted by Crippen LogP contribution is 2.26. The van der Waals surface area contributed by atoms with E-state index in [2.05, 4.69) is 0 Å². The SMILES string of the molecule is CC(=O)N(C)CCC(=C(F)F)c1ccc(OCc2ccccc2)cc1. The zero-order valence-corrected chi connectivity index (χ0v) is 14.3. The molecular weight excluding hydrogens is 324 g/mol. The molecule has 0 N–H and O–H groups in total. The second-order valence-electron chi connectivity index (χ2n) is 5.73. The number of hydrogen-bond acceptors (Lipinski definition) is 2. The van der Waals surface area contributed by atoms with Crippen LogP contribution in [-0.4, -0.2) is 24.4 Å². The van der Waals surface area contributed by atoms with Crippen molar-refractivity contribution in [2.45, 2.75) is 20.0 Å². The van der Waals surface area contributed by atoms with Gasteiger partial charge in [0.15, 0.2) is 0 Å². The van der Waals surface area contributed by atoms with Crippen LogP contribution in [0.4, 0.5) is 8.78 Å². The Morgan fingerprint density at radius 3 is 2.24 bits per heavy atom. The van der Waals surface area contributed by atoms with Gasteiger partial charge < -0.3 is 9.64 Å². The van der Waals surface area contributed by atoms with Gasteiger partial charge in [-0.25, -0.2) is 0 Å². The summed E-state index contributed by atoms with van der Waals surface area (Å²) in [7, 11) is 1.59. The van der Waals surface area contributed by atoms with Crippen molar-refractivity contribution in [2.24, 2.45) is 0 Å². The van der Waals surface area contributed by atoms with Gasteiger partial charge in [-0.05, 0) is 29.7 Å². The molecule has 0 spiro atoms. The average Bonchev–Trinajstić information content (AvgIpc) is 2.61. The van der Waals surface area contributed by atoms with Crippen LogP contribution < -0.4 is 4.74 Å². The minimum absolute atomic E-state index is 0.0530. The molecule has 0 saturated carbocycles. The highest BCUT2D eigenvalue weighted by Gasteiger charge is 2.12. The molecule has 2 aromatic rings. The van der Waals surface area contributed by atoms with E-state index in [9.17, 15) is 13.6 Å². The summed E-state index contributed by atoms with van der Waals surface area (Å²) in [5.74, 6) is 0.468. The molecule has 0 unspecified atom stereocenters. The quantitative estimate of drug-likeness (QED) is 0.725. The second kappa shape index (κ2) is 8.97. The summed E-state index contributed by atoms with van der Waals surface area (Å²) >= 11 is 0. The van der Waals surface area contributed by atoms with Gasteiger partial charge in [0.1, 0.15) is 12.4 Å². The molecule has 1 amide bonds. The summed E-state index contributed by atoms with van der Waals surface area (Å²) in [4.78, 5) is 12.6. The number of halogens is 2. The Kier molecular flexibility index (Phi) is 6.69. The maximum absolute atomic E-state index is 13.3. The summed E-state index contributed by atoms with van der Waals surface area (Å²) in [5.41, 5.74) is 1.42. The third-order valence-electron chi connectivity index (χ3n) is 3.91. The van der Waals surface area contributed by atoms with E-state index in [-0.39, 0.29) is 24.4 Å². The topological polar surface area (TPSA) is 29.5 Å². The molecular formula is C20H21F2NO2. The lowest BCUT2D eigenvalue weighted by Crippen LogP contribution is -2.25. The lowest BCUT2D eigenvalue weighted by molar-refractivity contribution is -0.127. The van der Waals surface area contributed by atoms with Gasteiger partial charge in [-0.1, -0.05) is 42.5 Å². The largest absolute Gasteiger partial charge is 0.489 e. The molecule has 0 radical (unpaired) electrons. The van der Waals surface area contributed by atoms with Crippen LogP contribution in [-0.2, 0) is 11.4 Å². The van der Waals surface area contributed by atoms with Crippen molar-refractivity contribution >= 4 is 11.5 Å². The van der Waals surface area contributed by atoms with Gasteiger partial charge in [-0.15, -0.1) is 0 Å². The van der Waals surface area contributed by atoms with E-state index < -0.39 is 6.08 Å². The molecule has 25 heavy (non-hydrogen) atoms. The second-order valence-corrected chi connectivity index (χ2v) is 5.73. The van der Waals surface area contributed by atoms with Crippen molar-refractivity contribution in [3.8, 4) is 5.75 Å². The zero-order chi connectivity index (χ0) is 18.2. The van der Waals surface area contributed by atoms with E-state index in [4.69, 9.17) is 4.74 Å². The fraction of sp³-hybridized carbons (Fsp3) is 0.250. The number of carbonyl (C=O) groups excluding carboxylic acids is 1. The van der Waals surface area contributed by atoms with Crippen LogP contribution in [0.15, 0.2) is 60.7 Å². The molecule has 0 atom stereocenters. The lowest BCUT2D eigenvalue weighted by Gasteiger charge is -2.16. The molecule has 2 aromatic carbocycles. The highest BCUT2D eigenvalue weighted by atomic mass is 19.3. The third kappa shape index (κ3) is 5.71. The minimum atomic E-state index is -1.73. The zero-order valence-electron chi connectivity index (χ0n) is 14.3. The fourth-order valence-electron chi connectivity index (χ4n) is 2.28. The minimum Gasteiger partial charge on any atom is -0.489 e. The Morgan fingerprint density at radius 1 is 1.04 bits per heavy atom. The predicted molar refractivity (Wildman–Crippen MR) is 94.3 cm³/mol. The van der Waals surface area contributed by atoms with Gasteiger partial charge in [0, 0.05) is 26.1 Å². The summed E-state index contributed by atoms with van der Waals surface area (Å²) < 4.78 is 32.2. The van der Waals surface area contributed by atoms with Gasteiger partial charge in [-0.3, -0.25) is 4.79 Å². The Balaban J connectivity index is 2.01. The Morgan fingerprint density at radius 2 is 1.68 bits per heavy atom. The van der Waals surface area contributed by atoms with E-state index >= 15 is 0 Å². The van der Waals surface area contributed by atoms with Gasteiger partial charge in [-0.2, -0.15) is 8.78 Å². The van der Waals surface area contributed by atoms with Crippen molar-refractivity contribution in [3.63, 3.8) is 0 Å².